The second-order valence-corrected chi connectivity index (χ2v) is 8.14. The van der Waals surface area contributed by atoms with Crippen molar-refractivity contribution in [3.63, 3.8) is 0 Å². The lowest BCUT2D eigenvalue weighted by atomic mass is 10.1. The van der Waals surface area contributed by atoms with E-state index in [2.05, 4.69) is 26.2 Å². The van der Waals surface area contributed by atoms with Gasteiger partial charge < -0.3 is 9.80 Å². The van der Waals surface area contributed by atoms with E-state index in [0.717, 1.165) is 16.6 Å². The molecular weight excluding hydrogens is 434 g/mol. The monoisotopic (exact) mass is 451 g/mol. The summed E-state index contributed by atoms with van der Waals surface area (Å²) in [5, 5.41) is 8.46. The van der Waals surface area contributed by atoms with Crippen molar-refractivity contribution in [1.82, 2.24) is 19.9 Å². The Morgan fingerprint density at radius 1 is 1.07 bits per heavy atom. The fraction of sp³-hybridized carbons (Fsp3) is 0.238. The maximum Gasteiger partial charge on any atom is 0.256 e. The number of nitrogens with zero attached hydrogens (tertiary/aromatic N) is 5. The lowest BCUT2D eigenvalue weighted by Crippen LogP contribution is -2.44. The van der Waals surface area contributed by atoms with Crippen molar-refractivity contribution in [3.05, 3.63) is 70.5 Å². The number of hydrogen-bond donors (Lipinski definition) is 0. The Hall–Kier alpha value is -3.00. The van der Waals surface area contributed by atoms with E-state index in [9.17, 15) is 9.59 Å². The summed E-state index contributed by atoms with van der Waals surface area (Å²) in [4.78, 5) is 29.7. The number of hydrogen-bond acceptors (Lipinski definition) is 4. The standard InChI is InChI=1S/C21H18BrN5O2/c22-14-7-9-16(10-8-14)27-13-15(23-24-27)12-26-18-5-2-1-4-17(18)20(28)25-11-3-6-19(25)21(26)29/h1-2,4-5,7-10,13,19H,3,6,11-12H2. The summed E-state index contributed by atoms with van der Waals surface area (Å²) in [7, 11) is 0. The average Bonchev–Trinajstić information content (AvgIpc) is 3.40. The van der Waals surface area contributed by atoms with E-state index in [1.165, 1.54) is 0 Å². The Labute approximate surface area is 176 Å². The maximum absolute atomic E-state index is 13.3. The highest BCUT2D eigenvalue weighted by atomic mass is 79.9. The van der Waals surface area contributed by atoms with Gasteiger partial charge in [0, 0.05) is 11.0 Å². The van der Waals surface area contributed by atoms with Gasteiger partial charge in [-0.3, -0.25) is 9.59 Å². The molecule has 5 rings (SSSR count). The predicted octanol–water partition coefficient (Wildman–Crippen LogP) is 3.18. The summed E-state index contributed by atoms with van der Waals surface area (Å²) in [5.41, 5.74) is 2.74. The second-order valence-electron chi connectivity index (χ2n) is 7.23. The molecule has 0 radical (unpaired) electrons. The number of amides is 2. The maximum atomic E-state index is 13.3. The molecule has 29 heavy (non-hydrogen) atoms. The Bertz CT molecular complexity index is 1090. The van der Waals surface area contributed by atoms with Crippen molar-refractivity contribution in [2.24, 2.45) is 0 Å². The van der Waals surface area contributed by atoms with Crippen LogP contribution in [0.3, 0.4) is 0 Å². The van der Waals surface area contributed by atoms with Gasteiger partial charge >= 0.3 is 0 Å². The molecule has 0 bridgehead atoms. The SMILES string of the molecule is O=C1C2CCCN2C(=O)c2ccccc2N1Cc1cn(-c2ccc(Br)cc2)nn1. The van der Waals surface area contributed by atoms with Gasteiger partial charge in [-0.05, 0) is 49.2 Å². The Morgan fingerprint density at radius 2 is 1.86 bits per heavy atom. The van der Waals surface area contributed by atoms with Gasteiger partial charge in [0.1, 0.15) is 11.7 Å². The minimum absolute atomic E-state index is 0.0565. The van der Waals surface area contributed by atoms with E-state index in [-0.39, 0.29) is 18.4 Å². The molecule has 1 fully saturated rings. The van der Waals surface area contributed by atoms with Crippen LogP contribution in [0.15, 0.2) is 59.2 Å². The lowest BCUT2D eigenvalue weighted by Gasteiger charge is -2.25. The van der Waals surface area contributed by atoms with Crippen LogP contribution in [0.4, 0.5) is 5.69 Å². The van der Waals surface area contributed by atoms with E-state index in [1.54, 1.807) is 20.5 Å². The third-order valence-electron chi connectivity index (χ3n) is 5.44. The number of fused-ring (bicyclic) bond motifs is 2. The van der Waals surface area contributed by atoms with Crippen LogP contribution in [0.1, 0.15) is 28.9 Å². The lowest BCUT2D eigenvalue weighted by molar-refractivity contribution is -0.122. The molecule has 2 amide bonds. The molecule has 0 spiro atoms. The Kier molecular flexibility index (Phi) is 4.43. The molecule has 1 atom stereocenters. The van der Waals surface area contributed by atoms with Gasteiger partial charge in [-0.2, -0.15) is 0 Å². The second kappa shape index (κ2) is 7.11. The van der Waals surface area contributed by atoms with E-state index >= 15 is 0 Å². The predicted molar refractivity (Wildman–Crippen MR) is 111 cm³/mol. The van der Waals surface area contributed by atoms with Crippen molar-refractivity contribution in [2.45, 2.75) is 25.4 Å². The summed E-state index contributed by atoms with van der Waals surface area (Å²) in [6.45, 7) is 0.890. The van der Waals surface area contributed by atoms with E-state index in [1.807, 2.05) is 48.7 Å². The van der Waals surface area contributed by atoms with Gasteiger partial charge in [0.25, 0.3) is 5.91 Å². The van der Waals surface area contributed by atoms with E-state index < -0.39 is 6.04 Å². The Morgan fingerprint density at radius 3 is 2.69 bits per heavy atom. The van der Waals surface area contributed by atoms with Gasteiger partial charge in [-0.25, -0.2) is 4.68 Å². The normalized spacial score (nSPS) is 18.6. The fourth-order valence-electron chi connectivity index (χ4n) is 4.03. The first kappa shape index (κ1) is 18.1. The molecule has 0 N–H and O–H groups in total. The summed E-state index contributed by atoms with van der Waals surface area (Å²) in [6, 6.07) is 14.6. The summed E-state index contributed by atoms with van der Waals surface area (Å²) in [5.74, 6) is -0.128. The Balaban J connectivity index is 1.50. The highest BCUT2D eigenvalue weighted by molar-refractivity contribution is 9.10. The van der Waals surface area contributed by atoms with Crippen LogP contribution < -0.4 is 4.90 Å². The molecule has 2 aliphatic heterocycles. The van der Waals surface area contributed by atoms with Crippen molar-refractivity contribution >= 4 is 33.4 Å². The third kappa shape index (κ3) is 3.13. The number of rotatable bonds is 3. The van der Waals surface area contributed by atoms with Crippen LogP contribution >= 0.6 is 15.9 Å². The van der Waals surface area contributed by atoms with Gasteiger partial charge in [-0.1, -0.05) is 33.3 Å². The number of anilines is 1. The molecule has 1 unspecified atom stereocenters. The number of carbonyl (C=O) groups excluding carboxylic acids is 2. The molecule has 8 heteroatoms. The van der Waals surface area contributed by atoms with Crippen LogP contribution in [-0.4, -0.2) is 44.3 Å². The first-order chi connectivity index (χ1) is 14.1. The minimum atomic E-state index is -0.406. The minimum Gasteiger partial charge on any atom is -0.327 e. The summed E-state index contributed by atoms with van der Waals surface area (Å²) < 4.78 is 2.67. The van der Waals surface area contributed by atoms with Crippen LogP contribution in [0.5, 0.6) is 0 Å². The highest BCUT2D eigenvalue weighted by Gasteiger charge is 2.42. The molecular formula is C21H18BrN5O2. The number of carbonyl (C=O) groups is 2. The molecule has 0 saturated carbocycles. The largest absolute Gasteiger partial charge is 0.327 e. The molecule has 1 saturated heterocycles. The molecule has 2 aliphatic rings. The van der Waals surface area contributed by atoms with Gasteiger partial charge in [-0.15, -0.1) is 5.10 Å². The zero-order valence-electron chi connectivity index (χ0n) is 15.5. The molecule has 1 aromatic heterocycles. The highest BCUT2D eigenvalue weighted by Crippen LogP contribution is 2.33. The van der Waals surface area contributed by atoms with Crippen LogP contribution in [-0.2, 0) is 11.3 Å². The fourth-order valence-corrected chi connectivity index (χ4v) is 4.29. The van der Waals surface area contributed by atoms with Gasteiger partial charge in [0.15, 0.2) is 0 Å². The summed E-state index contributed by atoms with van der Waals surface area (Å²) >= 11 is 3.42. The van der Waals surface area contributed by atoms with Crippen LogP contribution in [0.25, 0.3) is 5.69 Å². The van der Waals surface area contributed by atoms with Crippen molar-refractivity contribution < 1.29 is 9.59 Å². The third-order valence-corrected chi connectivity index (χ3v) is 5.97. The van der Waals surface area contributed by atoms with E-state index in [4.69, 9.17) is 0 Å². The molecule has 0 aliphatic carbocycles. The van der Waals surface area contributed by atoms with Crippen molar-refractivity contribution in [3.8, 4) is 5.69 Å². The van der Waals surface area contributed by atoms with Crippen molar-refractivity contribution in [2.75, 3.05) is 11.4 Å². The smallest absolute Gasteiger partial charge is 0.256 e. The molecule has 3 aromatic rings. The quantitative estimate of drug-likeness (QED) is 0.612. The topological polar surface area (TPSA) is 71.3 Å². The molecule has 2 aromatic carbocycles. The first-order valence-corrected chi connectivity index (χ1v) is 10.3. The average molecular weight is 452 g/mol. The first-order valence-electron chi connectivity index (χ1n) is 9.50. The zero-order chi connectivity index (χ0) is 20.0. The number of benzene rings is 2. The summed E-state index contributed by atoms with van der Waals surface area (Å²) in [6.07, 6.45) is 3.36. The number of para-hydroxylation sites is 1. The zero-order valence-corrected chi connectivity index (χ0v) is 17.1. The molecule has 3 heterocycles. The van der Waals surface area contributed by atoms with Gasteiger partial charge in [0.05, 0.1) is 29.7 Å². The van der Waals surface area contributed by atoms with Crippen LogP contribution in [0.2, 0.25) is 0 Å². The van der Waals surface area contributed by atoms with E-state index in [0.29, 0.717) is 29.9 Å². The van der Waals surface area contributed by atoms with Crippen molar-refractivity contribution in [1.29, 1.82) is 0 Å². The number of halogens is 1. The molecule has 146 valence electrons. The molecule has 7 nitrogen and oxygen atoms in total. The van der Waals surface area contributed by atoms with Crippen LogP contribution in [0, 0.1) is 0 Å². The number of aromatic nitrogens is 3. The van der Waals surface area contributed by atoms with Gasteiger partial charge in [0.2, 0.25) is 5.91 Å².